The molecule has 2 N–H and O–H groups in total. The van der Waals surface area contributed by atoms with Crippen LogP contribution in [0.3, 0.4) is 0 Å². The average Bonchev–Trinajstić information content (AvgIpc) is 3.19. The number of benzene rings is 3. The second-order valence-electron chi connectivity index (χ2n) is 6.46. The third kappa shape index (κ3) is 3.40. The molecule has 1 aliphatic heterocycles. The van der Waals surface area contributed by atoms with Crippen molar-refractivity contribution in [2.24, 2.45) is 0 Å². The maximum atomic E-state index is 13.0. The van der Waals surface area contributed by atoms with Crippen molar-refractivity contribution in [2.45, 2.75) is 5.79 Å². The molecule has 0 amide bonds. The first-order chi connectivity index (χ1) is 13.5. The number of halogens is 2. The van der Waals surface area contributed by atoms with E-state index in [0.29, 0.717) is 45.6 Å². The number of ether oxygens (including phenoxy) is 2. The molecule has 4 rings (SSSR count). The molecule has 1 fully saturated rings. The molecular formula is C22H17Cl2NO3. The lowest BCUT2D eigenvalue weighted by atomic mass is 9.92. The normalized spacial score (nSPS) is 15.5. The number of nitrogens with two attached hydrogens (primary N) is 1. The molecule has 0 unspecified atom stereocenters. The van der Waals surface area contributed by atoms with Gasteiger partial charge in [-0.05, 0) is 36.4 Å². The van der Waals surface area contributed by atoms with E-state index in [2.05, 4.69) is 0 Å². The smallest absolute Gasteiger partial charge is 0.222 e. The molecule has 0 saturated carbocycles. The molecule has 0 aromatic heterocycles. The van der Waals surface area contributed by atoms with E-state index in [1.165, 1.54) is 0 Å². The second-order valence-corrected chi connectivity index (χ2v) is 7.33. The highest BCUT2D eigenvalue weighted by Crippen LogP contribution is 2.40. The van der Waals surface area contributed by atoms with Gasteiger partial charge in [0.05, 0.1) is 13.2 Å². The fraction of sp³-hybridized carbons (Fsp3) is 0.136. The molecule has 1 heterocycles. The predicted molar refractivity (Wildman–Crippen MR) is 110 cm³/mol. The maximum Gasteiger partial charge on any atom is 0.222 e. The summed E-state index contributed by atoms with van der Waals surface area (Å²) < 4.78 is 12.0. The molecule has 0 radical (unpaired) electrons. The largest absolute Gasteiger partial charge is 0.398 e. The fourth-order valence-electron chi connectivity index (χ4n) is 3.32. The van der Waals surface area contributed by atoms with Crippen LogP contribution in [0.2, 0.25) is 10.0 Å². The Hall–Kier alpha value is -2.37. The molecule has 6 heteroatoms. The molecule has 3 aromatic rings. The fourth-order valence-corrected chi connectivity index (χ4v) is 3.64. The molecule has 0 bridgehead atoms. The molecule has 1 aliphatic rings. The minimum Gasteiger partial charge on any atom is -0.398 e. The Balaban J connectivity index is 1.81. The van der Waals surface area contributed by atoms with Gasteiger partial charge in [-0.3, -0.25) is 4.79 Å². The summed E-state index contributed by atoms with van der Waals surface area (Å²) in [5.41, 5.74) is 8.80. The van der Waals surface area contributed by atoms with Crippen LogP contribution >= 0.6 is 23.2 Å². The average molecular weight is 414 g/mol. The zero-order chi connectivity index (χ0) is 19.7. The van der Waals surface area contributed by atoms with Gasteiger partial charge in [-0.2, -0.15) is 0 Å². The minimum atomic E-state index is -1.11. The summed E-state index contributed by atoms with van der Waals surface area (Å²) in [5.74, 6) is -1.33. The van der Waals surface area contributed by atoms with Crippen LogP contribution in [-0.2, 0) is 15.3 Å². The van der Waals surface area contributed by atoms with Crippen LogP contribution in [0, 0.1) is 0 Å². The minimum absolute atomic E-state index is 0.217. The summed E-state index contributed by atoms with van der Waals surface area (Å²) in [6, 6.07) is 19.2. The van der Waals surface area contributed by atoms with Gasteiger partial charge in [0.1, 0.15) is 0 Å². The highest BCUT2D eigenvalue weighted by atomic mass is 35.5. The van der Waals surface area contributed by atoms with Gasteiger partial charge >= 0.3 is 0 Å². The quantitative estimate of drug-likeness (QED) is 0.479. The monoisotopic (exact) mass is 413 g/mol. The van der Waals surface area contributed by atoms with E-state index in [0.717, 1.165) is 5.56 Å². The first kappa shape index (κ1) is 19.0. The topological polar surface area (TPSA) is 61.6 Å². The van der Waals surface area contributed by atoms with Crippen LogP contribution in [-0.4, -0.2) is 19.0 Å². The first-order valence-electron chi connectivity index (χ1n) is 8.74. The van der Waals surface area contributed by atoms with Crippen molar-refractivity contribution < 1.29 is 14.3 Å². The Kier molecular flexibility index (Phi) is 5.13. The second kappa shape index (κ2) is 7.57. The number of ketones is 1. The van der Waals surface area contributed by atoms with E-state index >= 15 is 0 Å². The van der Waals surface area contributed by atoms with Gasteiger partial charge in [0.25, 0.3) is 0 Å². The lowest BCUT2D eigenvalue weighted by Gasteiger charge is -2.29. The maximum absolute atomic E-state index is 13.0. The van der Waals surface area contributed by atoms with Crippen molar-refractivity contribution in [3.8, 4) is 0 Å². The summed E-state index contributed by atoms with van der Waals surface area (Å²) in [6.45, 7) is 0.870. The van der Waals surface area contributed by atoms with Crippen molar-refractivity contribution in [1.82, 2.24) is 0 Å². The summed E-state index contributed by atoms with van der Waals surface area (Å²) in [6.07, 6.45) is 0. The molecule has 0 aliphatic carbocycles. The van der Waals surface area contributed by atoms with Gasteiger partial charge in [0, 0.05) is 38.0 Å². The highest BCUT2D eigenvalue weighted by Gasteiger charge is 2.41. The third-order valence-corrected chi connectivity index (χ3v) is 5.17. The molecule has 4 nitrogen and oxygen atoms in total. The summed E-state index contributed by atoms with van der Waals surface area (Å²) >= 11 is 12.1. The van der Waals surface area contributed by atoms with Gasteiger partial charge in [0.15, 0.2) is 5.78 Å². The van der Waals surface area contributed by atoms with Crippen LogP contribution in [0.1, 0.15) is 27.0 Å². The highest BCUT2D eigenvalue weighted by molar-refractivity contribution is 6.31. The van der Waals surface area contributed by atoms with Crippen molar-refractivity contribution in [3.63, 3.8) is 0 Å². The zero-order valence-electron chi connectivity index (χ0n) is 14.8. The third-order valence-electron chi connectivity index (χ3n) is 4.68. The number of hydrogen-bond donors (Lipinski definition) is 1. The number of carbonyl (C=O) groups is 1. The number of hydrogen-bond acceptors (Lipinski definition) is 4. The SMILES string of the molecule is Nc1ccc(C2(c3ccc(Cl)cc3)OCCO2)cc1C(=O)c1cccc(Cl)c1. The van der Waals surface area contributed by atoms with Crippen LogP contribution in [0.5, 0.6) is 0 Å². The van der Waals surface area contributed by atoms with Gasteiger partial charge in [-0.25, -0.2) is 0 Å². The molecule has 3 aromatic carbocycles. The molecule has 28 heavy (non-hydrogen) atoms. The molecule has 142 valence electrons. The molecule has 0 spiro atoms. The van der Waals surface area contributed by atoms with E-state index in [-0.39, 0.29) is 5.78 Å². The van der Waals surface area contributed by atoms with Crippen molar-refractivity contribution in [1.29, 1.82) is 0 Å². The van der Waals surface area contributed by atoms with E-state index in [1.54, 1.807) is 48.5 Å². The van der Waals surface area contributed by atoms with Gasteiger partial charge in [-0.1, -0.05) is 53.5 Å². The van der Waals surface area contributed by atoms with Crippen molar-refractivity contribution in [3.05, 3.63) is 99.0 Å². The van der Waals surface area contributed by atoms with E-state index in [4.69, 9.17) is 38.4 Å². The Labute approximate surface area is 172 Å². The lowest BCUT2D eigenvalue weighted by Crippen LogP contribution is -2.29. The summed E-state index contributed by atoms with van der Waals surface area (Å²) in [5, 5.41) is 1.10. The molecule has 0 atom stereocenters. The molecular weight excluding hydrogens is 397 g/mol. The van der Waals surface area contributed by atoms with Crippen LogP contribution in [0.25, 0.3) is 0 Å². The summed E-state index contributed by atoms with van der Waals surface area (Å²) in [4.78, 5) is 13.0. The standard InChI is InChI=1S/C22H17Cl2NO3/c23-17-7-4-15(5-8-17)22(27-10-11-28-22)16-6-9-20(25)19(13-16)21(26)14-2-1-3-18(24)12-14/h1-9,12-13H,10-11,25H2. The Morgan fingerprint density at radius 1 is 0.857 bits per heavy atom. The number of rotatable bonds is 4. The first-order valence-corrected chi connectivity index (χ1v) is 9.49. The Morgan fingerprint density at radius 3 is 2.21 bits per heavy atom. The Bertz CT molecular complexity index is 1030. The van der Waals surface area contributed by atoms with Gasteiger partial charge in [0.2, 0.25) is 5.79 Å². The van der Waals surface area contributed by atoms with Gasteiger partial charge < -0.3 is 15.2 Å². The van der Waals surface area contributed by atoms with Crippen LogP contribution in [0.4, 0.5) is 5.69 Å². The van der Waals surface area contributed by atoms with E-state index in [9.17, 15) is 4.79 Å². The predicted octanol–water partition coefficient (Wildman–Crippen LogP) is 5.05. The van der Waals surface area contributed by atoms with Crippen molar-refractivity contribution >= 4 is 34.7 Å². The number of nitrogen functional groups attached to an aromatic ring is 1. The number of carbonyl (C=O) groups excluding carboxylic acids is 1. The zero-order valence-corrected chi connectivity index (χ0v) is 16.3. The van der Waals surface area contributed by atoms with Crippen molar-refractivity contribution in [2.75, 3.05) is 18.9 Å². The van der Waals surface area contributed by atoms with Crippen LogP contribution < -0.4 is 5.73 Å². The summed E-state index contributed by atoms with van der Waals surface area (Å²) in [7, 11) is 0. The Morgan fingerprint density at radius 2 is 1.54 bits per heavy atom. The van der Waals surface area contributed by atoms with Crippen LogP contribution in [0.15, 0.2) is 66.7 Å². The molecule has 1 saturated heterocycles. The van der Waals surface area contributed by atoms with E-state index in [1.807, 2.05) is 18.2 Å². The van der Waals surface area contributed by atoms with E-state index < -0.39 is 5.79 Å². The lowest BCUT2D eigenvalue weighted by molar-refractivity contribution is -0.129. The number of anilines is 1. The van der Waals surface area contributed by atoms with Gasteiger partial charge in [-0.15, -0.1) is 0 Å².